The van der Waals surface area contributed by atoms with Crippen molar-refractivity contribution in [1.29, 1.82) is 0 Å². The smallest absolute Gasteiger partial charge is 0.332 e. The number of hydrogen-bond donors (Lipinski definition) is 4. The molecular weight excluding hydrogens is 228 g/mol. The third-order valence-corrected chi connectivity index (χ3v) is 1.95. The van der Waals surface area contributed by atoms with Gasteiger partial charge in [0.15, 0.2) is 6.10 Å². The van der Waals surface area contributed by atoms with Gasteiger partial charge in [-0.3, -0.25) is 4.68 Å². The van der Waals surface area contributed by atoms with E-state index in [9.17, 15) is 9.59 Å². The number of rotatable bonds is 5. The Labute approximate surface area is 97.2 Å². The first-order chi connectivity index (χ1) is 7.99. The van der Waals surface area contributed by atoms with Crippen LogP contribution in [0.15, 0.2) is 12.4 Å². The molecule has 0 fully saturated rings. The van der Waals surface area contributed by atoms with Gasteiger partial charge >= 0.3 is 12.0 Å². The molecule has 0 spiro atoms. The second-order valence-electron chi connectivity index (χ2n) is 3.43. The number of amides is 2. The molecule has 0 aliphatic carbocycles. The predicted molar refractivity (Wildman–Crippen MR) is 58.5 cm³/mol. The number of hydrogen-bond acceptors (Lipinski definition) is 4. The van der Waals surface area contributed by atoms with Crippen LogP contribution in [-0.4, -0.2) is 44.6 Å². The van der Waals surface area contributed by atoms with E-state index >= 15 is 0 Å². The molecule has 1 heterocycles. The maximum absolute atomic E-state index is 11.3. The minimum absolute atomic E-state index is 0.0458. The molecule has 0 aliphatic heterocycles. The van der Waals surface area contributed by atoms with Crippen LogP contribution in [0.2, 0.25) is 0 Å². The monoisotopic (exact) mass is 242 g/mol. The fraction of sp³-hybridized carbons (Fsp3) is 0.444. The van der Waals surface area contributed by atoms with Crippen LogP contribution in [0.25, 0.3) is 0 Å². The number of urea groups is 1. The number of carboxylic acids is 1. The fourth-order valence-electron chi connectivity index (χ4n) is 1.11. The zero-order valence-electron chi connectivity index (χ0n) is 9.25. The Kier molecular flexibility index (Phi) is 4.46. The average molecular weight is 242 g/mol. The van der Waals surface area contributed by atoms with Crippen LogP contribution in [0.5, 0.6) is 0 Å². The first-order valence-electron chi connectivity index (χ1n) is 4.93. The number of nitrogens with one attached hydrogen (secondary N) is 2. The number of aliphatic carboxylic acids is 1. The maximum atomic E-state index is 11.3. The Morgan fingerprint density at radius 1 is 1.59 bits per heavy atom. The molecule has 0 bridgehead atoms. The molecule has 2 amide bonds. The van der Waals surface area contributed by atoms with E-state index in [4.69, 9.17) is 10.2 Å². The molecule has 0 saturated carbocycles. The number of nitrogens with zero attached hydrogens (tertiary/aromatic N) is 2. The summed E-state index contributed by atoms with van der Waals surface area (Å²) in [4.78, 5) is 21.6. The van der Waals surface area contributed by atoms with Gasteiger partial charge in [0, 0.05) is 26.2 Å². The van der Waals surface area contributed by atoms with E-state index in [-0.39, 0.29) is 13.0 Å². The Hall–Kier alpha value is -2.09. The van der Waals surface area contributed by atoms with E-state index in [1.807, 2.05) is 0 Å². The van der Waals surface area contributed by atoms with Crippen LogP contribution in [0, 0.1) is 0 Å². The van der Waals surface area contributed by atoms with Crippen LogP contribution in [-0.2, 0) is 11.8 Å². The van der Waals surface area contributed by atoms with Crippen LogP contribution in [0.4, 0.5) is 10.5 Å². The Morgan fingerprint density at radius 2 is 2.29 bits per heavy atom. The first kappa shape index (κ1) is 13.0. The molecule has 1 atom stereocenters. The maximum Gasteiger partial charge on any atom is 0.332 e. The van der Waals surface area contributed by atoms with Gasteiger partial charge in [0.2, 0.25) is 0 Å². The molecule has 4 N–H and O–H groups in total. The number of aliphatic hydroxyl groups excluding tert-OH is 1. The molecule has 17 heavy (non-hydrogen) atoms. The van der Waals surface area contributed by atoms with E-state index < -0.39 is 18.1 Å². The highest BCUT2D eigenvalue weighted by Crippen LogP contribution is 2.02. The van der Waals surface area contributed by atoms with Crippen molar-refractivity contribution in [2.75, 3.05) is 11.9 Å². The standard InChI is InChI=1S/C9H14N4O4/c1-13-5-6(4-11-13)12-9(17)10-3-2-7(14)8(15)16/h4-5,7,14H,2-3H2,1H3,(H,15,16)(H2,10,12,17)/t7-/m0/s1. The van der Waals surface area contributed by atoms with E-state index in [2.05, 4.69) is 15.7 Å². The third kappa shape index (κ3) is 4.51. The highest BCUT2D eigenvalue weighted by atomic mass is 16.4. The Morgan fingerprint density at radius 3 is 2.82 bits per heavy atom. The van der Waals surface area contributed by atoms with Crippen LogP contribution >= 0.6 is 0 Å². The number of carbonyl (C=O) groups is 2. The number of aryl methyl sites for hydroxylation is 1. The van der Waals surface area contributed by atoms with Gasteiger partial charge in [-0.25, -0.2) is 9.59 Å². The second kappa shape index (κ2) is 5.85. The molecule has 0 unspecified atom stereocenters. The van der Waals surface area contributed by atoms with E-state index in [1.54, 1.807) is 13.2 Å². The van der Waals surface area contributed by atoms with Crippen molar-refractivity contribution < 1.29 is 19.8 Å². The van der Waals surface area contributed by atoms with E-state index in [0.29, 0.717) is 5.69 Å². The number of anilines is 1. The zero-order valence-corrected chi connectivity index (χ0v) is 9.25. The molecule has 94 valence electrons. The molecule has 0 aromatic carbocycles. The average Bonchev–Trinajstić information content (AvgIpc) is 2.63. The lowest BCUT2D eigenvalue weighted by atomic mass is 10.2. The lowest BCUT2D eigenvalue weighted by Crippen LogP contribution is -2.32. The summed E-state index contributed by atoms with van der Waals surface area (Å²) in [6.45, 7) is 0.0690. The van der Waals surface area contributed by atoms with Gasteiger partial charge in [0.25, 0.3) is 0 Å². The highest BCUT2D eigenvalue weighted by molar-refractivity contribution is 5.88. The molecule has 1 aromatic rings. The van der Waals surface area contributed by atoms with Crippen molar-refractivity contribution in [3.05, 3.63) is 12.4 Å². The van der Waals surface area contributed by atoms with E-state index in [1.165, 1.54) is 10.9 Å². The third-order valence-electron chi connectivity index (χ3n) is 1.95. The quantitative estimate of drug-likeness (QED) is 0.549. The molecule has 1 rings (SSSR count). The van der Waals surface area contributed by atoms with Gasteiger partial charge in [0.05, 0.1) is 11.9 Å². The fourth-order valence-corrected chi connectivity index (χ4v) is 1.11. The van der Waals surface area contributed by atoms with Crippen molar-refractivity contribution in [1.82, 2.24) is 15.1 Å². The normalized spacial score (nSPS) is 11.9. The highest BCUT2D eigenvalue weighted by Gasteiger charge is 2.12. The van der Waals surface area contributed by atoms with Crippen LogP contribution in [0.1, 0.15) is 6.42 Å². The van der Waals surface area contributed by atoms with Gasteiger partial charge in [-0.05, 0) is 0 Å². The van der Waals surface area contributed by atoms with Gasteiger partial charge in [-0.1, -0.05) is 0 Å². The molecule has 0 saturated heterocycles. The number of carbonyl (C=O) groups excluding carboxylic acids is 1. The van der Waals surface area contributed by atoms with Crippen molar-refractivity contribution in [3.63, 3.8) is 0 Å². The summed E-state index contributed by atoms with van der Waals surface area (Å²) in [5, 5.41) is 26.1. The second-order valence-corrected chi connectivity index (χ2v) is 3.43. The Balaban J connectivity index is 2.24. The minimum Gasteiger partial charge on any atom is -0.479 e. The van der Waals surface area contributed by atoms with Gasteiger partial charge < -0.3 is 20.8 Å². The molecule has 8 nitrogen and oxygen atoms in total. The van der Waals surface area contributed by atoms with Crippen molar-refractivity contribution in [3.8, 4) is 0 Å². The molecular formula is C9H14N4O4. The molecule has 1 aromatic heterocycles. The summed E-state index contributed by atoms with van der Waals surface area (Å²) >= 11 is 0. The predicted octanol–water partition coefficient (Wildman–Crippen LogP) is -0.623. The number of aliphatic hydroxyl groups is 1. The van der Waals surface area contributed by atoms with Gasteiger partial charge in [0.1, 0.15) is 0 Å². The lowest BCUT2D eigenvalue weighted by molar-refractivity contribution is -0.146. The summed E-state index contributed by atoms with van der Waals surface area (Å²) in [5.74, 6) is -1.31. The minimum atomic E-state index is -1.46. The molecule has 0 aliphatic rings. The lowest BCUT2D eigenvalue weighted by Gasteiger charge is -2.07. The summed E-state index contributed by atoms with van der Waals surface area (Å²) in [6.07, 6.45) is 1.58. The SMILES string of the molecule is Cn1cc(NC(=O)NCC[C@H](O)C(=O)O)cn1. The summed E-state index contributed by atoms with van der Waals surface area (Å²) in [6, 6.07) is -0.476. The summed E-state index contributed by atoms with van der Waals surface area (Å²) in [7, 11) is 1.71. The van der Waals surface area contributed by atoms with Crippen LogP contribution in [0.3, 0.4) is 0 Å². The summed E-state index contributed by atoms with van der Waals surface area (Å²) < 4.78 is 1.53. The number of aromatic nitrogens is 2. The summed E-state index contributed by atoms with van der Waals surface area (Å²) in [5.41, 5.74) is 0.531. The van der Waals surface area contributed by atoms with Crippen molar-refractivity contribution in [2.24, 2.45) is 7.05 Å². The van der Waals surface area contributed by atoms with Crippen LogP contribution < -0.4 is 10.6 Å². The van der Waals surface area contributed by atoms with Crippen molar-refractivity contribution in [2.45, 2.75) is 12.5 Å². The van der Waals surface area contributed by atoms with E-state index in [0.717, 1.165) is 0 Å². The van der Waals surface area contributed by atoms with Gasteiger partial charge in [-0.2, -0.15) is 5.10 Å². The zero-order chi connectivity index (χ0) is 12.8. The van der Waals surface area contributed by atoms with Gasteiger partial charge in [-0.15, -0.1) is 0 Å². The van der Waals surface area contributed by atoms with Crippen molar-refractivity contribution >= 4 is 17.7 Å². The Bertz CT molecular complexity index is 403. The molecule has 0 radical (unpaired) electrons. The number of carboxylic acid groups (broad SMARTS) is 1. The molecule has 8 heteroatoms. The largest absolute Gasteiger partial charge is 0.479 e. The topological polar surface area (TPSA) is 116 Å². The first-order valence-corrected chi connectivity index (χ1v) is 4.93.